The first-order chi connectivity index (χ1) is 26.1. The van der Waals surface area contributed by atoms with Crippen molar-refractivity contribution in [3.05, 3.63) is 88.0 Å². The van der Waals surface area contributed by atoms with Crippen LogP contribution in [0.15, 0.2) is 54.2 Å². The zero-order chi connectivity index (χ0) is 39.3. The van der Waals surface area contributed by atoms with E-state index in [1.807, 2.05) is 36.1 Å². The maximum atomic E-state index is 15.1. The first kappa shape index (κ1) is 38.6. The summed E-state index contributed by atoms with van der Waals surface area (Å²) in [7, 11) is 0. The number of halogens is 1. The van der Waals surface area contributed by atoms with Crippen molar-refractivity contribution in [1.29, 1.82) is 5.41 Å². The molecule has 1 amide bonds. The lowest BCUT2D eigenvalue weighted by atomic mass is 9.47. The molecule has 55 heavy (non-hydrogen) atoms. The van der Waals surface area contributed by atoms with Gasteiger partial charge in [0, 0.05) is 48.2 Å². The number of amides is 1. The number of pyridine rings is 1. The van der Waals surface area contributed by atoms with Gasteiger partial charge in [-0.25, -0.2) is 25.0 Å². The number of rotatable bonds is 11. The molecule has 290 valence electrons. The number of aromatic nitrogens is 2. The summed E-state index contributed by atoms with van der Waals surface area (Å²) in [4.78, 5) is 43.1. The average Bonchev–Trinajstić information content (AvgIpc) is 3.55. The fraction of sp³-hybridized carbons (Fsp3) is 0.452. The van der Waals surface area contributed by atoms with Gasteiger partial charge < -0.3 is 20.7 Å². The Morgan fingerprint density at radius 3 is 2.45 bits per heavy atom. The topological polar surface area (TPSA) is 167 Å². The van der Waals surface area contributed by atoms with Crippen LogP contribution >= 0.6 is 11.3 Å². The molecule has 2 bridgehead atoms. The van der Waals surface area contributed by atoms with E-state index in [2.05, 4.69) is 48.3 Å². The number of carbonyl (C=O) groups is 2. The van der Waals surface area contributed by atoms with Gasteiger partial charge in [-0.3, -0.25) is 14.9 Å². The summed E-state index contributed by atoms with van der Waals surface area (Å²) in [6.07, 6.45) is 7.27. The van der Waals surface area contributed by atoms with Gasteiger partial charge in [0.25, 0.3) is 5.91 Å². The molecule has 0 spiro atoms. The first-order valence-corrected chi connectivity index (χ1v) is 19.7. The third-order valence-electron chi connectivity index (χ3n) is 12.2. The number of anilines is 2. The maximum absolute atomic E-state index is 15.1. The van der Waals surface area contributed by atoms with Crippen LogP contribution in [0.1, 0.15) is 111 Å². The molecule has 11 nitrogen and oxygen atoms in total. The van der Waals surface area contributed by atoms with Gasteiger partial charge in [-0.15, -0.1) is 0 Å². The summed E-state index contributed by atoms with van der Waals surface area (Å²) < 4.78 is 16.0. The van der Waals surface area contributed by atoms with Crippen LogP contribution in [-0.2, 0) is 17.8 Å². The average molecular weight is 768 g/mol. The Morgan fingerprint density at radius 1 is 1.02 bits per heavy atom. The maximum Gasteiger partial charge on any atom is 0.355 e. The number of carboxylic acid groups (broad SMARTS) is 1. The first-order valence-electron chi connectivity index (χ1n) is 18.9. The van der Waals surface area contributed by atoms with Crippen LogP contribution in [-0.4, -0.2) is 51.9 Å². The van der Waals surface area contributed by atoms with Crippen LogP contribution < -0.4 is 21.4 Å². The quantitative estimate of drug-likeness (QED) is 0.0745. The number of carbonyl (C=O) groups excluding carboxylic acids is 1. The number of nitrogens with zero attached hydrogens (tertiary/aromatic N) is 3. The van der Waals surface area contributed by atoms with Crippen LogP contribution in [0.25, 0.3) is 15.8 Å². The summed E-state index contributed by atoms with van der Waals surface area (Å²) in [6, 6.07) is 13.8. The van der Waals surface area contributed by atoms with E-state index in [-0.39, 0.29) is 28.5 Å². The Hall–Kier alpha value is -4.72. The van der Waals surface area contributed by atoms with Crippen LogP contribution in [0.3, 0.4) is 0 Å². The number of fused-ring (bicyclic) bond motifs is 4. The van der Waals surface area contributed by atoms with Gasteiger partial charge in [0.1, 0.15) is 11.6 Å². The van der Waals surface area contributed by atoms with Crippen molar-refractivity contribution in [2.24, 2.45) is 22.1 Å². The highest BCUT2D eigenvalue weighted by Crippen LogP contribution is 2.63. The fourth-order valence-corrected chi connectivity index (χ4v) is 11.2. The molecule has 1 aliphatic heterocycles. The van der Waals surface area contributed by atoms with E-state index in [1.165, 1.54) is 23.5 Å². The molecule has 3 heterocycles. The second-order valence-corrected chi connectivity index (χ2v) is 18.1. The van der Waals surface area contributed by atoms with Crippen LogP contribution in [0.5, 0.6) is 0 Å². The van der Waals surface area contributed by atoms with Crippen molar-refractivity contribution < 1.29 is 23.9 Å². The number of hydrogen-bond donors (Lipinski definition) is 5. The molecule has 0 radical (unpaired) electrons. The van der Waals surface area contributed by atoms with Crippen molar-refractivity contribution in [2.45, 2.75) is 91.7 Å². The molecule has 2 aliphatic carbocycles. The molecule has 0 saturated heterocycles. The molecule has 4 aromatic rings. The number of para-hydroxylation sites is 1. The molecule has 4 atom stereocenters. The van der Waals surface area contributed by atoms with Crippen molar-refractivity contribution in [2.75, 3.05) is 23.3 Å². The normalized spacial score (nSPS) is 26.6. The Bertz CT molecular complexity index is 2190. The van der Waals surface area contributed by atoms with Gasteiger partial charge in [-0.1, -0.05) is 57.6 Å². The Morgan fingerprint density at radius 2 is 1.75 bits per heavy atom. The van der Waals surface area contributed by atoms with E-state index in [1.54, 1.807) is 12.1 Å². The number of nitrogens with two attached hydrogens (primary N) is 1. The highest BCUT2D eigenvalue weighted by molar-refractivity contribution is 7.22. The third-order valence-corrected chi connectivity index (χ3v) is 13.1. The number of benzene rings is 2. The molecular weight excluding hydrogens is 718 g/mol. The van der Waals surface area contributed by atoms with Gasteiger partial charge in [0.2, 0.25) is 0 Å². The van der Waals surface area contributed by atoms with Crippen molar-refractivity contribution >= 4 is 56.2 Å². The predicted molar refractivity (Wildman–Crippen MR) is 215 cm³/mol. The van der Waals surface area contributed by atoms with Crippen LogP contribution in [0, 0.1) is 27.5 Å². The second-order valence-electron chi connectivity index (χ2n) is 17.0. The minimum Gasteiger partial charge on any atom is -0.476 e. The van der Waals surface area contributed by atoms with Crippen LogP contribution in [0.4, 0.5) is 15.3 Å². The van der Waals surface area contributed by atoms with Crippen LogP contribution in [0.2, 0.25) is 0 Å². The van der Waals surface area contributed by atoms with E-state index in [4.69, 9.17) is 16.1 Å². The molecule has 6 N–H and O–H groups in total. The van der Waals surface area contributed by atoms with E-state index in [9.17, 15) is 14.7 Å². The highest BCUT2D eigenvalue weighted by atomic mass is 32.1. The van der Waals surface area contributed by atoms with Crippen molar-refractivity contribution in [3.8, 4) is 0 Å². The van der Waals surface area contributed by atoms with Gasteiger partial charge in [0.15, 0.2) is 10.8 Å². The number of aromatic carboxylic acids is 1. The van der Waals surface area contributed by atoms with E-state index in [0.717, 1.165) is 55.0 Å². The fourth-order valence-electron chi connectivity index (χ4n) is 10.4. The monoisotopic (exact) mass is 767 g/mol. The standard InChI is InChI=1S/C42H50FN7O4S/c1-6-39(3)19-40(4)20-41(5,23-42(21-39,22-40)54-45)24-46-25(2)29(17-44)27-12-14-34(48-35(27)37(52)53)50-16-15-26-30(18-50)28(11-13-31(26)43)36(51)49-38-47-32-9-7-8-10-33(32)55-38/h7-14,17,44,46H,6,15-16,18-24,45H2,1-5H3,(H,52,53)(H,47,49,51)/b29-25+,44-17?. The lowest BCUT2D eigenvalue weighted by Crippen LogP contribution is -2.59. The van der Waals surface area contributed by atoms with Gasteiger partial charge in [0.05, 0.1) is 15.8 Å². The highest BCUT2D eigenvalue weighted by Gasteiger charge is 2.58. The number of nitrogens with one attached hydrogen (secondary N) is 3. The number of carboxylic acids is 1. The van der Waals surface area contributed by atoms with Crippen molar-refractivity contribution in [3.63, 3.8) is 0 Å². The number of thiazole rings is 1. The summed E-state index contributed by atoms with van der Waals surface area (Å²) >= 11 is 1.36. The Labute approximate surface area is 325 Å². The molecule has 2 aromatic heterocycles. The molecule has 7 rings (SSSR count). The summed E-state index contributed by atoms with van der Waals surface area (Å²) in [6.45, 7) is 12.2. The van der Waals surface area contributed by atoms with E-state index < -0.39 is 23.3 Å². The lowest BCUT2D eigenvalue weighted by molar-refractivity contribution is -0.195. The van der Waals surface area contributed by atoms with Gasteiger partial charge >= 0.3 is 5.97 Å². The minimum atomic E-state index is -1.23. The summed E-state index contributed by atoms with van der Waals surface area (Å²) in [5, 5.41) is 25.6. The molecule has 2 fully saturated rings. The summed E-state index contributed by atoms with van der Waals surface area (Å²) in [5.74, 6) is 4.39. The number of hydrogen-bond acceptors (Lipinski definition) is 10. The lowest BCUT2D eigenvalue weighted by Gasteiger charge is -2.61. The smallest absolute Gasteiger partial charge is 0.355 e. The predicted octanol–water partition coefficient (Wildman–Crippen LogP) is 8.35. The minimum absolute atomic E-state index is 0.0665. The SMILES string of the molecule is CCC1(C)CC2(C)CC(C)(CN/C(C)=C(\C=N)c3ccc(N4CCc5c(F)ccc(C(=O)Nc6nc7ccccc7s6)c5C4)nc3C(=O)O)CC(ON)(C1)C2. The largest absolute Gasteiger partial charge is 0.476 e. The number of allylic oxidation sites excluding steroid dienone is 2. The molecule has 4 unspecified atom stereocenters. The molecule has 2 aromatic carbocycles. The molecular formula is C42H50FN7O4S. The van der Waals surface area contributed by atoms with E-state index in [0.29, 0.717) is 64.0 Å². The zero-order valence-electron chi connectivity index (χ0n) is 32.1. The second kappa shape index (κ2) is 14.4. The van der Waals surface area contributed by atoms with Gasteiger partial charge in [-0.2, -0.15) is 0 Å². The van der Waals surface area contributed by atoms with Crippen molar-refractivity contribution in [1.82, 2.24) is 15.3 Å². The molecule has 13 heteroatoms. The molecule has 2 saturated carbocycles. The zero-order valence-corrected chi connectivity index (χ0v) is 33.0. The van der Waals surface area contributed by atoms with Gasteiger partial charge in [-0.05, 0) is 109 Å². The molecule has 3 aliphatic rings. The Kier molecular flexibility index (Phi) is 10.1. The summed E-state index contributed by atoms with van der Waals surface area (Å²) in [5.41, 5.74) is 2.94. The third kappa shape index (κ3) is 7.49. The Balaban J connectivity index is 1.12. The van der Waals surface area contributed by atoms with E-state index >= 15 is 4.39 Å².